The number of anilines is 1. The largest absolute Gasteiger partial charge is 0.478 e. The first-order valence-electron chi connectivity index (χ1n) is 5.96. The third-order valence-corrected chi connectivity index (χ3v) is 3.42. The Balaban J connectivity index is 2.18. The summed E-state index contributed by atoms with van der Waals surface area (Å²) in [6.07, 6.45) is 0.130. The Kier molecular flexibility index (Phi) is 3.94. The molecule has 0 bridgehead atoms. The number of nitrogens with one attached hydrogen (secondary N) is 1. The minimum absolute atomic E-state index is 0.0413. The van der Waals surface area contributed by atoms with Crippen molar-refractivity contribution >= 4 is 35.1 Å². The number of halogens is 1. The van der Waals surface area contributed by atoms with Gasteiger partial charge in [0.15, 0.2) is 0 Å². The molecule has 0 aromatic heterocycles. The fraction of sp³-hybridized carbons (Fsp3) is 0.308. The molecule has 106 valence electrons. The molecule has 1 aliphatic rings. The van der Waals surface area contributed by atoms with Crippen LogP contribution in [-0.2, 0) is 9.59 Å². The lowest BCUT2D eigenvalue weighted by molar-refractivity contribution is -0.127. The zero-order valence-corrected chi connectivity index (χ0v) is 11.5. The standard InChI is InChI=1S/C13H13ClN2O4/c1-16-6-7(4-11(16)17)12(18)15-10-5-8(14)2-3-9(10)13(19)20/h2-3,5,7H,4,6H2,1H3,(H,15,18)(H,19,20). The average Bonchev–Trinajstić information content (AvgIpc) is 2.69. The van der Waals surface area contributed by atoms with E-state index in [1.165, 1.54) is 23.1 Å². The topological polar surface area (TPSA) is 86.7 Å². The first-order valence-corrected chi connectivity index (χ1v) is 6.34. The molecule has 1 aliphatic heterocycles. The Morgan fingerprint density at radius 1 is 1.45 bits per heavy atom. The molecule has 7 heteroatoms. The summed E-state index contributed by atoms with van der Waals surface area (Å²) in [6, 6.07) is 4.14. The van der Waals surface area contributed by atoms with E-state index in [9.17, 15) is 14.4 Å². The molecule has 0 saturated carbocycles. The van der Waals surface area contributed by atoms with Gasteiger partial charge in [0.05, 0.1) is 17.2 Å². The predicted octanol–water partition coefficient (Wildman–Crippen LogP) is 1.45. The van der Waals surface area contributed by atoms with E-state index >= 15 is 0 Å². The zero-order valence-electron chi connectivity index (χ0n) is 10.7. The van der Waals surface area contributed by atoms with E-state index in [0.29, 0.717) is 11.6 Å². The van der Waals surface area contributed by atoms with Gasteiger partial charge in [-0.25, -0.2) is 4.79 Å². The summed E-state index contributed by atoms with van der Waals surface area (Å²) in [5.74, 6) is -2.12. The first kappa shape index (κ1) is 14.3. The minimum Gasteiger partial charge on any atom is -0.478 e. The summed E-state index contributed by atoms with van der Waals surface area (Å²) >= 11 is 5.80. The van der Waals surface area contributed by atoms with E-state index in [2.05, 4.69) is 5.32 Å². The number of nitrogens with zero attached hydrogens (tertiary/aromatic N) is 1. The number of rotatable bonds is 3. The molecule has 0 aliphatic carbocycles. The molecule has 1 heterocycles. The monoisotopic (exact) mass is 296 g/mol. The van der Waals surface area contributed by atoms with Gasteiger partial charge in [-0.1, -0.05) is 11.6 Å². The Morgan fingerprint density at radius 3 is 2.70 bits per heavy atom. The fourth-order valence-corrected chi connectivity index (χ4v) is 2.25. The molecule has 0 radical (unpaired) electrons. The number of benzene rings is 1. The Labute approximate surface area is 120 Å². The number of carbonyl (C=O) groups is 3. The molecule has 1 fully saturated rings. The summed E-state index contributed by atoms with van der Waals surface area (Å²) in [4.78, 5) is 36.0. The van der Waals surface area contributed by atoms with Crippen molar-refractivity contribution in [2.24, 2.45) is 5.92 Å². The van der Waals surface area contributed by atoms with Gasteiger partial charge in [-0.15, -0.1) is 0 Å². The zero-order chi connectivity index (χ0) is 14.9. The van der Waals surface area contributed by atoms with Crippen LogP contribution in [0.5, 0.6) is 0 Å². The van der Waals surface area contributed by atoms with Gasteiger partial charge in [0.25, 0.3) is 0 Å². The molecule has 0 spiro atoms. The van der Waals surface area contributed by atoms with Gasteiger partial charge in [-0.2, -0.15) is 0 Å². The van der Waals surface area contributed by atoms with Crippen molar-refractivity contribution < 1.29 is 19.5 Å². The molecule has 1 unspecified atom stereocenters. The van der Waals surface area contributed by atoms with Crippen molar-refractivity contribution in [2.75, 3.05) is 18.9 Å². The summed E-state index contributed by atoms with van der Waals surface area (Å²) in [6.45, 7) is 0.327. The summed E-state index contributed by atoms with van der Waals surface area (Å²) in [5, 5.41) is 11.9. The van der Waals surface area contributed by atoms with E-state index in [4.69, 9.17) is 16.7 Å². The van der Waals surface area contributed by atoms with Crippen LogP contribution < -0.4 is 5.32 Å². The van der Waals surface area contributed by atoms with Gasteiger partial charge in [0.1, 0.15) is 0 Å². The molecule has 1 atom stereocenters. The Morgan fingerprint density at radius 2 is 2.15 bits per heavy atom. The van der Waals surface area contributed by atoms with Crippen LogP contribution >= 0.6 is 11.6 Å². The van der Waals surface area contributed by atoms with Crippen molar-refractivity contribution in [1.82, 2.24) is 4.90 Å². The van der Waals surface area contributed by atoms with Gasteiger partial charge in [-0.05, 0) is 18.2 Å². The summed E-state index contributed by atoms with van der Waals surface area (Å²) in [5.41, 5.74) is 0.0948. The molecule has 1 aromatic rings. The van der Waals surface area contributed by atoms with E-state index < -0.39 is 11.9 Å². The number of carboxylic acids is 1. The van der Waals surface area contributed by atoms with Crippen molar-refractivity contribution in [1.29, 1.82) is 0 Å². The number of likely N-dealkylation sites (tertiary alicyclic amines) is 1. The van der Waals surface area contributed by atoms with Crippen LogP contribution in [0.25, 0.3) is 0 Å². The average molecular weight is 297 g/mol. The lowest BCUT2D eigenvalue weighted by Gasteiger charge is -2.13. The van der Waals surface area contributed by atoms with Crippen molar-refractivity contribution in [3.8, 4) is 0 Å². The highest BCUT2D eigenvalue weighted by molar-refractivity contribution is 6.31. The lowest BCUT2D eigenvalue weighted by Crippen LogP contribution is -2.26. The van der Waals surface area contributed by atoms with E-state index in [-0.39, 0.29) is 29.5 Å². The smallest absolute Gasteiger partial charge is 0.337 e. The van der Waals surface area contributed by atoms with Crippen molar-refractivity contribution in [2.45, 2.75) is 6.42 Å². The van der Waals surface area contributed by atoms with Crippen LogP contribution in [0.2, 0.25) is 5.02 Å². The van der Waals surface area contributed by atoms with E-state index in [0.717, 1.165) is 0 Å². The maximum atomic E-state index is 12.1. The second-order valence-electron chi connectivity index (χ2n) is 4.66. The van der Waals surface area contributed by atoms with Gasteiger partial charge < -0.3 is 15.3 Å². The highest BCUT2D eigenvalue weighted by Crippen LogP contribution is 2.24. The second-order valence-corrected chi connectivity index (χ2v) is 5.10. The molecule has 2 rings (SSSR count). The van der Waals surface area contributed by atoms with Crippen molar-refractivity contribution in [3.63, 3.8) is 0 Å². The normalized spacial score (nSPS) is 18.2. The Bertz CT molecular complexity index is 588. The summed E-state index contributed by atoms with van der Waals surface area (Å²) in [7, 11) is 1.62. The Hall–Kier alpha value is -2.08. The molecule has 1 saturated heterocycles. The molecular formula is C13H13ClN2O4. The van der Waals surface area contributed by atoms with Crippen LogP contribution in [0.4, 0.5) is 5.69 Å². The van der Waals surface area contributed by atoms with E-state index in [1.54, 1.807) is 7.05 Å². The van der Waals surface area contributed by atoms with Crippen LogP contribution in [0.1, 0.15) is 16.8 Å². The maximum Gasteiger partial charge on any atom is 0.337 e. The highest BCUT2D eigenvalue weighted by atomic mass is 35.5. The maximum absolute atomic E-state index is 12.1. The van der Waals surface area contributed by atoms with Crippen LogP contribution in [0.3, 0.4) is 0 Å². The first-order chi connectivity index (χ1) is 9.38. The number of hydrogen-bond donors (Lipinski definition) is 2. The minimum atomic E-state index is -1.16. The van der Waals surface area contributed by atoms with Gasteiger partial charge in [-0.3, -0.25) is 9.59 Å². The lowest BCUT2D eigenvalue weighted by atomic mass is 10.1. The van der Waals surface area contributed by atoms with Crippen LogP contribution in [0.15, 0.2) is 18.2 Å². The number of carboxylic acid groups (broad SMARTS) is 1. The highest BCUT2D eigenvalue weighted by Gasteiger charge is 2.32. The third kappa shape index (κ3) is 2.91. The van der Waals surface area contributed by atoms with Gasteiger partial charge in [0.2, 0.25) is 11.8 Å². The molecule has 1 aromatic carbocycles. The number of aromatic carboxylic acids is 1. The molecule has 2 N–H and O–H groups in total. The predicted molar refractivity (Wildman–Crippen MR) is 72.8 cm³/mol. The molecular weight excluding hydrogens is 284 g/mol. The SMILES string of the molecule is CN1CC(C(=O)Nc2cc(Cl)ccc2C(=O)O)CC1=O. The summed E-state index contributed by atoms with van der Waals surface area (Å²) < 4.78 is 0. The molecule has 20 heavy (non-hydrogen) atoms. The third-order valence-electron chi connectivity index (χ3n) is 3.18. The van der Waals surface area contributed by atoms with Crippen LogP contribution in [0, 0.1) is 5.92 Å². The fourth-order valence-electron chi connectivity index (χ4n) is 2.08. The van der Waals surface area contributed by atoms with Gasteiger partial charge >= 0.3 is 5.97 Å². The van der Waals surface area contributed by atoms with Gasteiger partial charge in [0, 0.05) is 25.0 Å². The molecule has 6 nitrogen and oxygen atoms in total. The number of carbonyl (C=O) groups excluding carboxylic acids is 2. The van der Waals surface area contributed by atoms with Crippen molar-refractivity contribution in [3.05, 3.63) is 28.8 Å². The number of hydrogen-bond acceptors (Lipinski definition) is 3. The second kappa shape index (κ2) is 5.50. The van der Waals surface area contributed by atoms with E-state index in [1.807, 2.05) is 0 Å². The van der Waals surface area contributed by atoms with Crippen LogP contribution in [-0.4, -0.2) is 41.4 Å². The quantitative estimate of drug-likeness (QED) is 0.884. The number of amides is 2. The molecule has 2 amide bonds.